The Labute approximate surface area is 130 Å². The van der Waals surface area contributed by atoms with Crippen molar-refractivity contribution in [2.45, 2.75) is 19.8 Å². The molecule has 0 saturated carbocycles. The topological polar surface area (TPSA) is 55.8 Å². The molecule has 0 fully saturated rings. The van der Waals surface area contributed by atoms with E-state index in [9.17, 15) is 9.90 Å². The molecule has 0 unspecified atom stereocenters. The second-order valence-corrected chi connectivity index (χ2v) is 5.00. The Morgan fingerprint density at radius 1 is 1.05 bits per heavy atom. The third-order valence-corrected chi connectivity index (χ3v) is 3.56. The van der Waals surface area contributed by atoms with E-state index in [0.717, 1.165) is 18.4 Å². The average Bonchev–Trinajstić information content (AvgIpc) is 2.54. The molecular formula is C18H20O4. The van der Waals surface area contributed by atoms with Gasteiger partial charge in [0.1, 0.15) is 0 Å². The SMILES string of the molecule is CCCc1ccc(-c2cc(OC)c(OC)cc2C(=O)O)cc1. The molecule has 0 aliphatic carbocycles. The second kappa shape index (κ2) is 6.98. The molecule has 116 valence electrons. The number of ether oxygens (including phenoxy) is 2. The summed E-state index contributed by atoms with van der Waals surface area (Å²) in [6, 6.07) is 11.1. The zero-order chi connectivity index (χ0) is 16.1. The summed E-state index contributed by atoms with van der Waals surface area (Å²) < 4.78 is 10.5. The highest BCUT2D eigenvalue weighted by molar-refractivity contribution is 5.97. The quantitative estimate of drug-likeness (QED) is 0.875. The van der Waals surface area contributed by atoms with E-state index >= 15 is 0 Å². The van der Waals surface area contributed by atoms with Crippen molar-refractivity contribution < 1.29 is 19.4 Å². The molecule has 0 saturated heterocycles. The van der Waals surface area contributed by atoms with Gasteiger partial charge in [-0.25, -0.2) is 4.79 Å². The van der Waals surface area contributed by atoms with Crippen LogP contribution in [0.2, 0.25) is 0 Å². The van der Waals surface area contributed by atoms with Crippen molar-refractivity contribution in [3.8, 4) is 22.6 Å². The van der Waals surface area contributed by atoms with Gasteiger partial charge in [0.25, 0.3) is 0 Å². The van der Waals surface area contributed by atoms with E-state index in [0.29, 0.717) is 17.1 Å². The number of carboxylic acid groups (broad SMARTS) is 1. The summed E-state index contributed by atoms with van der Waals surface area (Å²) in [5.41, 5.74) is 2.90. The Kier molecular flexibility index (Phi) is 5.04. The summed E-state index contributed by atoms with van der Waals surface area (Å²) in [5.74, 6) is -0.0695. The molecule has 4 heteroatoms. The summed E-state index contributed by atoms with van der Waals surface area (Å²) in [7, 11) is 3.02. The van der Waals surface area contributed by atoms with Crippen LogP contribution in [0, 0.1) is 0 Å². The summed E-state index contributed by atoms with van der Waals surface area (Å²) in [6.45, 7) is 2.13. The van der Waals surface area contributed by atoms with Gasteiger partial charge in [-0.3, -0.25) is 0 Å². The zero-order valence-electron chi connectivity index (χ0n) is 13.1. The first kappa shape index (κ1) is 15.9. The van der Waals surface area contributed by atoms with Crippen molar-refractivity contribution in [3.63, 3.8) is 0 Å². The van der Waals surface area contributed by atoms with Crippen LogP contribution in [0.1, 0.15) is 29.3 Å². The first-order valence-corrected chi connectivity index (χ1v) is 7.19. The number of methoxy groups -OCH3 is 2. The van der Waals surface area contributed by atoms with Crippen LogP contribution < -0.4 is 9.47 Å². The number of carboxylic acids is 1. The van der Waals surface area contributed by atoms with E-state index in [1.807, 2.05) is 24.3 Å². The van der Waals surface area contributed by atoms with Crippen LogP contribution in [0.4, 0.5) is 0 Å². The van der Waals surface area contributed by atoms with Crippen LogP contribution in [0.15, 0.2) is 36.4 Å². The standard InChI is InChI=1S/C18H20O4/c1-4-5-12-6-8-13(9-7-12)14-10-16(21-2)17(22-3)11-15(14)18(19)20/h6-11H,4-5H2,1-3H3,(H,19,20). The lowest BCUT2D eigenvalue weighted by atomic mass is 9.97. The van der Waals surface area contributed by atoms with Crippen LogP contribution in [0.5, 0.6) is 11.5 Å². The molecular weight excluding hydrogens is 280 g/mol. The maximum Gasteiger partial charge on any atom is 0.336 e. The third kappa shape index (κ3) is 3.22. The van der Waals surface area contributed by atoms with Gasteiger partial charge in [0.2, 0.25) is 0 Å². The van der Waals surface area contributed by atoms with Crippen molar-refractivity contribution in [3.05, 3.63) is 47.5 Å². The van der Waals surface area contributed by atoms with Gasteiger partial charge in [-0.15, -0.1) is 0 Å². The van der Waals surface area contributed by atoms with Gasteiger partial charge in [0.05, 0.1) is 19.8 Å². The molecule has 0 aliphatic rings. The maximum absolute atomic E-state index is 11.5. The Morgan fingerprint density at radius 2 is 1.64 bits per heavy atom. The van der Waals surface area contributed by atoms with Gasteiger partial charge in [0, 0.05) is 5.56 Å². The van der Waals surface area contributed by atoms with Gasteiger partial charge < -0.3 is 14.6 Å². The minimum Gasteiger partial charge on any atom is -0.493 e. The van der Waals surface area contributed by atoms with Gasteiger partial charge in [-0.1, -0.05) is 37.6 Å². The van der Waals surface area contributed by atoms with Crippen molar-refractivity contribution in [2.24, 2.45) is 0 Å². The lowest BCUT2D eigenvalue weighted by molar-refractivity contribution is 0.0697. The summed E-state index contributed by atoms with van der Waals surface area (Å²) >= 11 is 0. The molecule has 0 aliphatic heterocycles. The van der Waals surface area contributed by atoms with Crippen LogP contribution in [-0.2, 0) is 6.42 Å². The Bertz CT molecular complexity index is 660. The number of aryl methyl sites for hydroxylation is 1. The average molecular weight is 300 g/mol. The molecule has 2 aromatic rings. The highest BCUT2D eigenvalue weighted by atomic mass is 16.5. The number of rotatable bonds is 6. The molecule has 0 spiro atoms. The van der Waals surface area contributed by atoms with Crippen LogP contribution in [0.3, 0.4) is 0 Å². The fourth-order valence-corrected chi connectivity index (χ4v) is 2.43. The number of benzene rings is 2. The molecule has 1 N–H and O–H groups in total. The van der Waals surface area contributed by atoms with Crippen molar-refractivity contribution in [2.75, 3.05) is 14.2 Å². The van der Waals surface area contributed by atoms with E-state index in [2.05, 4.69) is 6.92 Å². The van der Waals surface area contributed by atoms with Gasteiger partial charge in [-0.05, 0) is 29.7 Å². The largest absolute Gasteiger partial charge is 0.493 e. The Balaban J connectivity index is 2.54. The normalized spacial score (nSPS) is 10.3. The summed E-state index contributed by atoms with van der Waals surface area (Å²) in [5, 5.41) is 9.45. The highest BCUT2D eigenvalue weighted by Gasteiger charge is 2.17. The van der Waals surface area contributed by atoms with Gasteiger partial charge >= 0.3 is 5.97 Å². The molecule has 0 aromatic heterocycles. The first-order valence-electron chi connectivity index (χ1n) is 7.19. The van der Waals surface area contributed by atoms with E-state index in [4.69, 9.17) is 9.47 Å². The lowest BCUT2D eigenvalue weighted by Crippen LogP contribution is -2.02. The highest BCUT2D eigenvalue weighted by Crippen LogP contribution is 2.35. The van der Waals surface area contributed by atoms with Crippen molar-refractivity contribution in [1.82, 2.24) is 0 Å². The predicted molar refractivity (Wildman–Crippen MR) is 85.9 cm³/mol. The Hall–Kier alpha value is -2.49. The minimum absolute atomic E-state index is 0.195. The lowest BCUT2D eigenvalue weighted by Gasteiger charge is -2.13. The zero-order valence-corrected chi connectivity index (χ0v) is 13.1. The molecule has 2 rings (SSSR count). The molecule has 22 heavy (non-hydrogen) atoms. The predicted octanol–water partition coefficient (Wildman–Crippen LogP) is 4.02. The molecule has 2 aromatic carbocycles. The molecule has 0 heterocycles. The maximum atomic E-state index is 11.5. The fourth-order valence-electron chi connectivity index (χ4n) is 2.43. The van der Waals surface area contributed by atoms with Crippen LogP contribution in [0.25, 0.3) is 11.1 Å². The fraction of sp³-hybridized carbons (Fsp3) is 0.278. The van der Waals surface area contributed by atoms with Crippen molar-refractivity contribution in [1.29, 1.82) is 0 Å². The Morgan fingerprint density at radius 3 is 2.14 bits per heavy atom. The molecule has 4 nitrogen and oxygen atoms in total. The van der Waals surface area contributed by atoms with Crippen molar-refractivity contribution >= 4 is 5.97 Å². The molecule has 0 amide bonds. The smallest absolute Gasteiger partial charge is 0.336 e. The van der Waals surface area contributed by atoms with E-state index in [1.165, 1.54) is 25.8 Å². The number of aromatic carboxylic acids is 1. The van der Waals surface area contributed by atoms with E-state index in [-0.39, 0.29) is 5.56 Å². The minimum atomic E-state index is -0.992. The van der Waals surface area contributed by atoms with Gasteiger partial charge in [-0.2, -0.15) is 0 Å². The third-order valence-electron chi connectivity index (χ3n) is 3.56. The first-order chi connectivity index (χ1) is 10.6. The summed E-state index contributed by atoms with van der Waals surface area (Å²) in [4.78, 5) is 11.5. The monoisotopic (exact) mass is 300 g/mol. The van der Waals surface area contributed by atoms with E-state index in [1.54, 1.807) is 6.07 Å². The van der Waals surface area contributed by atoms with Gasteiger partial charge in [0.15, 0.2) is 11.5 Å². The second-order valence-electron chi connectivity index (χ2n) is 5.00. The number of carbonyl (C=O) groups is 1. The number of hydrogen-bond acceptors (Lipinski definition) is 3. The van der Waals surface area contributed by atoms with E-state index < -0.39 is 5.97 Å². The van der Waals surface area contributed by atoms with Crippen LogP contribution >= 0.6 is 0 Å². The molecule has 0 bridgehead atoms. The molecule has 0 radical (unpaired) electrons. The summed E-state index contributed by atoms with van der Waals surface area (Å²) in [6.07, 6.45) is 2.09. The number of hydrogen-bond donors (Lipinski definition) is 1. The molecule has 0 atom stereocenters. The van der Waals surface area contributed by atoms with Crippen LogP contribution in [-0.4, -0.2) is 25.3 Å².